The molecule has 2 atom stereocenters. The van der Waals surface area contributed by atoms with Gasteiger partial charge in [0, 0.05) is 0 Å². The Bertz CT molecular complexity index is 720. The van der Waals surface area contributed by atoms with Crippen LogP contribution in [0.5, 0.6) is 11.5 Å². The topological polar surface area (TPSA) is 40.5 Å². The van der Waals surface area contributed by atoms with Crippen LogP contribution in [0, 0.1) is 5.41 Å². The molecule has 2 aliphatic carbocycles. The van der Waals surface area contributed by atoms with Crippen molar-refractivity contribution in [3.05, 3.63) is 58.7 Å². The van der Waals surface area contributed by atoms with Crippen LogP contribution in [-0.4, -0.2) is 10.2 Å². The number of phenols is 2. The fraction of sp³-hybridized carbons (Fsp3) is 0.368. The number of benzene rings is 2. The van der Waals surface area contributed by atoms with Crippen LogP contribution in [-0.2, 0) is 19.3 Å². The number of fused-ring (bicyclic) bond motifs is 2. The summed E-state index contributed by atoms with van der Waals surface area (Å²) in [5.41, 5.74) is 5.66. The van der Waals surface area contributed by atoms with Gasteiger partial charge in [0.25, 0.3) is 0 Å². The Balaban J connectivity index is 1.74. The van der Waals surface area contributed by atoms with Gasteiger partial charge in [-0.3, -0.25) is 0 Å². The second kappa shape index (κ2) is 4.27. The number of rotatable bonds is 0. The molecule has 0 aliphatic heterocycles. The van der Waals surface area contributed by atoms with Gasteiger partial charge < -0.3 is 10.2 Å². The van der Waals surface area contributed by atoms with Crippen LogP contribution >= 0.6 is 0 Å². The lowest BCUT2D eigenvalue weighted by molar-refractivity contribution is 0.212. The van der Waals surface area contributed by atoms with E-state index in [0.29, 0.717) is 17.4 Å². The molecule has 108 valence electrons. The van der Waals surface area contributed by atoms with E-state index in [0.717, 1.165) is 25.7 Å². The number of hydrogen-bond donors (Lipinski definition) is 2. The summed E-state index contributed by atoms with van der Waals surface area (Å²) in [7, 11) is 0. The highest BCUT2D eigenvalue weighted by atomic mass is 16.3. The maximum Gasteiger partial charge on any atom is 0.115 e. The van der Waals surface area contributed by atoms with Crippen LogP contribution in [0.15, 0.2) is 36.4 Å². The fourth-order valence-electron chi connectivity index (χ4n) is 4.41. The molecule has 2 N–H and O–H groups in total. The monoisotopic (exact) mass is 280 g/mol. The summed E-state index contributed by atoms with van der Waals surface area (Å²) in [6.45, 7) is 2.32. The predicted octanol–water partition coefficient (Wildman–Crippen LogP) is 3.93. The molecule has 2 aliphatic rings. The number of aryl methyl sites for hydroxylation is 1. The largest absolute Gasteiger partial charge is 0.508 e. The molecule has 2 nitrogen and oxygen atoms in total. The number of phenolic OH excluding ortho intramolecular Hbond substituents is 2. The first-order valence-electron chi connectivity index (χ1n) is 7.70. The third kappa shape index (κ3) is 1.85. The predicted molar refractivity (Wildman–Crippen MR) is 82.8 cm³/mol. The Morgan fingerprint density at radius 2 is 1.57 bits per heavy atom. The molecule has 2 aromatic rings. The zero-order valence-corrected chi connectivity index (χ0v) is 12.3. The average molecular weight is 280 g/mol. The molecule has 0 aromatic heterocycles. The molecular formula is C19H20O2. The first-order valence-corrected chi connectivity index (χ1v) is 7.70. The van der Waals surface area contributed by atoms with Gasteiger partial charge in [0.1, 0.15) is 11.5 Å². The van der Waals surface area contributed by atoms with E-state index >= 15 is 0 Å². The standard InChI is InChI=1S/C19H20O2/c1-12-18-5-4-17(21)8-13(18)6-7-19(12)10-14-2-3-16(20)9-15(14)11-19/h2-5,8-9,12,20-21H,6-7,10-11H2,1H3/t12-,19-/m1/s1. The van der Waals surface area contributed by atoms with Crippen molar-refractivity contribution in [1.82, 2.24) is 0 Å². The minimum Gasteiger partial charge on any atom is -0.508 e. The fourth-order valence-corrected chi connectivity index (χ4v) is 4.41. The van der Waals surface area contributed by atoms with Crippen molar-refractivity contribution in [2.24, 2.45) is 5.41 Å². The highest BCUT2D eigenvalue weighted by Gasteiger charge is 2.44. The smallest absolute Gasteiger partial charge is 0.115 e. The molecule has 4 rings (SSSR count). The summed E-state index contributed by atoms with van der Waals surface area (Å²) in [6, 6.07) is 11.6. The maximum atomic E-state index is 9.71. The zero-order valence-electron chi connectivity index (χ0n) is 12.3. The molecule has 0 heterocycles. The third-order valence-corrected chi connectivity index (χ3v) is 5.68. The van der Waals surface area contributed by atoms with E-state index in [1.807, 2.05) is 18.2 Å². The molecule has 21 heavy (non-hydrogen) atoms. The summed E-state index contributed by atoms with van der Waals surface area (Å²) >= 11 is 0. The summed E-state index contributed by atoms with van der Waals surface area (Å²) < 4.78 is 0. The molecule has 0 amide bonds. The molecular weight excluding hydrogens is 260 g/mol. The van der Waals surface area contributed by atoms with E-state index in [4.69, 9.17) is 0 Å². The van der Waals surface area contributed by atoms with Crippen molar-refractivity contribution in [1.29, 1.82) is 0 Å². The Labute approximate surface area is 125 Å². The molecule has 0 saturated heterocycles. The Kier molecular flexibility index (Phi) is 2.59. The van der Waals surface area contributed by atoms with Gasteiger partial charge in [-0.25, -0.2) is 0 Å². The summed E-state index contributed by atoms with van der Waals surface area (Å²) in [5, 5.41) is 19.4. The first-order chi connectivity index (χ1) is 10.1. The summed E-state index contributed by atoms with van der Waals surface area (Å²) in [6.07, 6.45) is 4.34. The van der Waals surface area contributed by atoms with Crippen molar-refractivity contribution in [2.75, 3.05) is 0 Å². The second-order valence-corrected chi connectivity index (χ2v) is 6.77. The SMILES string of the molecule is C[C@@H]1c2ccc(O)cc2CC[C@]12Cc1ccc(O)cc1C2. The minimum absolute atomic E-state index is 0.278. The first kappa shape index (κ1) is 12.8. The van der Waals surface area contributed by atoms with Gasteiger partial charge in [-0.05, 0) is 83.5 Å². The van der Waals surface area contributed by atoms with Gasteiger partial charge in [-0.2, -0.15) is 0 Å². The van der Waals surface area contributed by atoms with Crippen molar-refractivity contribution < 1.29 is 10.2 Å². The quantitative estimate of drug-likeness (QED) is 0.767. The Morgan fingerprint density at radius 3 is 2.38 bits per heavy atom. The van der Waals surface area contributed by atoms with Gasteiger partial charge >= 0.3 is 0 Å². The molecule has 0 unspecified atom stereocenters. The Morgan fingerprint density at radius 1 is 0.905 bits per heavy atom. The molecule has 1 spiro atoms. The van der Waals surface area contributed by atoms with Crippen molar-refractivity contribution >= 4 is 0 Å². The van der Waals surface area contributed by atoms with Crippen molar-refractivity contribution in [3.8, 4) is 11.5 Å². The van der Waals surface area contributed by atoms with E-state index in [-0.39, 0.29) is 5.41 Å². The summed E-state index contributed by atoms with van der Waals surface area (Å²) in [5.74, 6) is 1.23. The van der Waals surface area contributed by atoms with Gasteiger partial charge in [-0.15, -0.1) is 0 Å². The molecule has 0 fully saturated rings. The van der Waals surface area contributed by atoms with Crippen LogP contribution < -0.4 is 0 Å². The van der Waals surface area contributed by atoms with E-state index in [2.05, 4.69) is 19.1 Å². The van der Waals surface area contributed by atoms with Crippen LogP contribution in [0.25, 0.3) is 0 Å². The van der Waals surface area contributed by atoms with E-state index in [1.165, 1.54) is 22.3 Å². The molecule has 0 saturated carbocycles. The van der Waals surface area contributed by atoms with Gasteiger partial charge in [0.2, 0.25) is 0 Å². The van der Waals surface area contributed by atoms with Crippen LogP contribution in [0.2, 0.25) is 0 Å². The normalized spacial score (nSPS) is 26.6. The maximum absolute atomic E-state index is 9.71. The lowest BCUT2D eigenvalue weighted by atomic mass is 9.63. The van der Waals surface area contributed by atoms with E-state index < -0.39 is 0 Å². The number of aromatic hydroxyl groups is 2. The van der Waals surface area contributed by atoms with Gasteiger partial charge in [-0.1, -0.05) is 19.1 Å². The molecule has 0 radical (unpaired) electrons. The van der Waals surface area contributed by atoms with Crippen LogP contribution in [0.1, 0.15) is 41.5 Å². The van der Waals surface area contributed by atoms with E-state index in [1.54, 1.807) is 6.07 Å². The highest BCUT2D eigenvalue weighted by Crippen LogP contribution is 2.53. The van der Waals surface area contributed by atoms with Crippen molar-refractivity contribution in [2.45, 2.75) is 38.5 Å². The highest BCUT2D eigenvalue weighted by molar-refractivity contribution is 5.45. The third-order valence-electron chi connectivity index (χ3n) is 5.68. The zero-order chi connectivity index (χ0) is 14.6. The summed E-state index contributed by atoms with van der Waals surface area (Å²) in [4.78, 5) is 0. The van der Waals surface area contributed by atoms with Crippen molar-refractivity contribution in [3.63, 3.8) is 0 Å². The molecule has 2 heteroatoms. The number of hydrogen-bond acceptors (Lipinski definition) is 2. The lowest BCUT2D eigenvalue weighted by Gasteiger charge is -2.41. The minimum atomic E-state index is 0.278. The van der Waals surface area contributed by atoms with Crippen LogP contribution in [0.4, 0.5) is 0 Å². The Hall–Kier alpha value is -1.96. The van der Waals surface area contributed by atoms with Gasteiger partial charge in [0.05, 0.1) is 0 Å². The van der Waals surface area contributed by atoms with E-state index in [9.17, 15) is 10.2 Å². The lowest BCUT2D eigenvalue weighted by Crippen LogP contribution is -2.33. The molecule has 0 bridgehead atoms. The van der Waals surface area contributed by atoms with Gasteiger partial charge in [0.15, 0.2) is 0 Å². The second-order valence-electron chi connectivity index (χ2n) is 6.77. The average Bonchev–Trinajstić information content (AvgIpc) is 2.82. The van der Waals surface area contributed by atoms with Crippen LogP contribution in [0.3, 0.4) is 0 Å². The molecule has 2 aromatic carbocycles.